The number of likely N-dealkylation sites (tertiary alicyclic amines) is 1. The zero-order valence-electron chi connectivity index (χ0n) is 18.9. The molecule has 0 atom stereocenters. The highest BCUT2D eigenvalue weighted by Gasteiger charge is 2.51. The van der Waals surface area contributed by atoms with Crippen LogP contribution in [0.15, 0.2) is 60.7 Å². The smallest absolute Gasteiger partial charge is 0.231 e. The summed E-state index contributed by atoms with van der Waals surface area (Å²) in [6.07, 6.45) is 3.04. The lowest BCUT2D eigenvalue weighted by molar-refractivity contribution is -0.119. The van der Waals surface area contributed by atoms with E-state index in [-0.39, 0.29) is 6.79 Å². The molecule has 1 saturated heterocycles. The minimum Gasteiger partial charge on any atom is -0.491 e. The lowest BCUT2D eigenvalue weighted by Crippen LogP contribution is -2.42. The molecule has 1 amide bonds. The molecule has 34 heavy (non-hydrogen) atoms. The molecular weight excluding hydrogens is 428 g/mol. The molecule has 0 radical (unpaired) electrons. The average molecular weight is 455 g/mol. The maximum absolute atomic E-state index is 11.2. The molecule has 1 spiro atoms. The zero-order valence-corrected chi connectivity index (χ0v) is 18.9. The van der Waals surface area contributed by atoms with Crippen LogP contribution in [0, 0.1) is 5.92 Å². The van der Waals surface area contributed by atoms with E-state index in [0.29, 0.717) is 12.5 Å². The highest BCUT2D eigenvalue weighted by Crippen LogP contribution is 2.58. The minimum atomic E-state index is -0.402. The average Bonchev–Trinajstić information content (AvgIpc) is 3.50. The Labute approximate surface area is 198 Å². The number of benzene rings is 3. The number of ether oxygens (including phenoxy) is 3. The molecule has 0 unspecified atom stereocenters. The maximum atomic E-state index is 11.2. The second kappa shape index (κ2) is 7.42. The highest BCUT2D eigenvalue weighted by atomic mass is 16.7. The van der Waals surface area contributed by atoms with Crippen LogP contribution in [-0.2, 0) is 10.2 Å². The van der Waals surface area contributed by atoms with Crippen LogP contribution < -0.4 is 19.1 Å². The van der Waals surface area contributed by atoms with E-state index in [1.807, 2.05) is 11.0 Å². The van der Waals surface area contributed by atoms with Crippen molar-refractivity contribution in [3.05, 3.63) is 77.4 Å². The Kier molecular flexibility index (Phi) is 4.31. The van der Waals surface area contributed by atoms with Crippen LogP contribution in [0.5, 0.6) is 17.2 Å². The summed E-state index contributed by atoms with van der Waals surface area (Å²) in [5.41, 5.74) is 5.71. The monoisotopic (exact) mass is 454 g/mol. The SMILES string of the molecule is O=CN1CCC(CN2c3ccccc3C3(COc4cc5c(cc43)OCO5)c3ccccc32)CC1. The standard InChI is InChI=1S/C28H26N2O4/c31-17-29-11-9-19(10-12-29)15-30-23-7-3-1-5-20(23)28(21-6-2-4-8-24(21)30)16-32-25-14-27-26(13-22(25)28)33-18-34-27/h1-8,13-14,17,19H,9-12,15-16,18H2. The van der Waals surface area contributed by atoms with Gasteiger partial charge in [-0.1, -0.05) is 36.4 Å². The molecule has 172 valence electrons. The number of para-hydroxylation sites is 2. The minimum absolute atomic E-state index is 0.245. The molecule has 4 heterocycles. The largest absolute Gasteiger partial charge is 0.491 e. The van der Waals surface area contributed by atoms with Crippen molar-refractivity contribution in [3.8, 4) is 17.2 Å². The number of amides is 1. The van der Waals surface area contributed by atoms with Gasteiger partial charge >= 0.3 is 0 Å². The third kappa shape index (κ3) is 2.71. The fourth-order valence-electron chi connectivity index (χ4n) is 6.20. The Hall–Kier alpha value is -3.67. The molecule has 3 aromatic rings. The first-order valence-corrected chi connectivity index (χ1v) is 12.0. The number of fused-ring (bicyclic) bond motifs is 7. The van der Waals surface area contributed by atoms with E-state index < -0.39 is 5.41 Å². The summed E-state index contributed by atoms with van der Waals surface area (Å²) in [6.45, 7) is 3.40. The summed E-state index contributed by atoms with van der Waals surface area (Å²) in [6, 6.07) is 21.6. The van der Waals surface area contributed by atoms with Crippen LogP contribution >= 0.6 is 0 Å². The van der Waals surface area contributed by atoms with E-state index >= 15 is 0 Å². The van der Waals surface area contributed by atoms with E-state index in [2.05, 4.69) is 59.5 Å². The number of nitrogens with zero attached hydrogens (tertiary/aromatic N) is 2. The lowest BCUT2D eigenvalue weighted by Gasteiger charge is -2.44. The van der Waals surface area contributed by atoms with Gasteiger partial charge in [0.15, 0.2) is 11.5 Å². The highest BCUT2D eigenvalue weighted by molar-refractivity contribution is 5.82. The van der Waals surface area contributed by atoms with Gasteiger partial charge in [0.2, 0.25) is 13.2 Å². The Balaban J connectivity index is 1.37. The summed E-state index contributed by atoms with van der Waals surface area (Å²) in [5.74, 6) is 2.93. The number of anilines is 2. The Morgan fingerprint density at radius 2 is 1.47 bits per heavy atom. The van der Waals surface area contributed by atoms with Crippen LogP contribution in [0.4, 0.5) is 11.4 Å². The number of hydrogen-bond donors (Lipinski definition) is 0. The quantitative estimate of drug-likeness (QED) is 0.547. The summed E-state index contributed by atoms with van der Waals surface area (Å²) >= 11 is 0. The Bertz CT molecular complexity index is 1230. The molecule has 6 heteroatoms. The van der Waals surface area contributed by atoms with Crippen molar-refractivity contribution < 1.29 is 19.0 Å². The van der Waals surface area contributed by atoms with Gasteiger partial charge in [0.1, 0.15) is 12.4 Å². The normalized spacial score (nSPS) is 19.4. The van der Waals surface area contributed by atoms with E-state index in [9.17, 15) is 4.79 Å². The first-order chi connectivity index (χ1) is 16.8. The number of hydrogen-bond acceptors (Lipinski definition) is 5. The molecule has 7 rings (SSSR count). The molecule has 0 aromatic heterocycles. The molecule has 6 nitrogen and oxygen atoms in total. The van der Waals surface area contributed by atoms with Crippen molar-refractivity contribution in [1.29, 1.82) is 0 Å². The van der Waals surface area contributed by atoms with Gasteiger partial charge in [-0.05, 0) is 48.1 Å². The van der Waals surface area contributed by atoms with Gasteiger partial charge in [-0.25, -0.2) is 0 Å². The summed E-state index contributed by atoms with van der Waals surface area (Å²) in [4.78, 5) is 15.6. The lowest BCUT2D eigenvalue weighted by atomic mass is 9.67. The third-order valence-electron chi connectivity index (χ3n) is 7.93. The van der Waals surface area contributed by atoms with Gasteiger partial charge in [0.25, 0.3) is 0 Å². The van der Waals surface area contributed by atoms with Gasteiger partial charge < -0.3 is 24.0 Å². The number of rotatable bonds is 3. The topological polar surface area (TPSA) is 51.2 Å². The molecule has 0 aliphatic carbocycles. The van der Waals surface area contributed by atoms with Gasteiger partial charge in [-0.2, -0.15) is 0 Å². The molecular formula is C28H26N2O4. The van der Waals surface area contributed by atoms with Crippen LogP contribution in [0.1, 0.15) is 29.5 Å². The van der Waals surface area contributed by atoms with Crippen molar-refractivity contribution in [2.24, 2.45) is 5.92 Å². The van der Waals surface area contributed by atoms with Gasteiger partial charge in [0, 0.05) is 42.6 Å². The fraction of sp³-hybridized carbons (Fsp3) is 0.321. The van der Waals surface area contributed by atoms with Gasteiger partial charge in [-0.3, -0.25) is 4.79 Å². The molecule has 3 aromatic carbocycles. The Morgan fingerprint density at radius 3 is 2.15 bits per heavy atom. The van der Waals surface area contributed by atoms with Crippen LogP contribution in [0.2, 0.25) is 0 Å². The summed E-state index contributed by atoms with van der Waals surface area (Å²) in [7, 11) is 0. The van der Waals surface area contributed by atoms with Crippen LogP contribution in [-0.4, -0.2) is 44.3 Å². The predicted molar refractivity (Wildman–Crippen MR) is 128 cm³/mol. The first-order valence-electron chi connectivity index (χ1n) is 12.0. The second-order valence-corrected chi connectivity index (χ2v) is 9.63. The van der Waals surface area contributed by atoms with Gasteiger partial charge in [0.05, 0.1) is 5.41 Å². The number of piperidine rings is 1. The predicted octanol–water partition coefficient (Wildman–Crippen LogP) is 4.46. The van der Waals surface area contributed by atoms with Crippen molar-refractivity contribution >= 4 is 17.8 Å². The molecule has 4 aliphatic heterocycles. The van der Waals surface area contributed by atoms with E-state index in [0.717, 1.165) is 61.7 Å². The maximum Gasteiger partial charge on any atom is 0.231 e. The number of carbonyl (C=O) groups excluding carboxylic acids is 1. The first kappa shape index (κ1) is 19.8. The van der Waals surface area contributed by atoms with E-state index in [4.69, 9.17) is 14.2 Å². The van der Waals surface area contributed by atoms with Crippen molar-refractivity contribution in [2.45, 2.75) is 18.3 Å². The van der Waals surface area contributed by atoms with Crippen LogP contribution in [0.3, 0.4) is 0 Å². The Morgan fingerprint density at radius 1 is 0.824 bits per heavy atom. The van der Waals surface area contributed by atoms with Crippen molar-refractivity contribution in [2.75, 3.05) is 37.9 Å². The van der Waals surface area contributed by atoms with Gasteiger partial charge in [-0.15, -0.1) is 0 Å². The molecule has 1 fully saturated rings. The molecule has 0 N–H and O–H groups in total. The van der Waals surface area contributed by atoms with Crippen LogP contribution in [0.25, 0.3) is 0 Å². The fourth-order valence-corrected chi connectivity index (χ4v) is 6.20. The molecule has 0 saturated carbocycles. The van der Waals surface area contributed by atoms with Crippen molar-refractivity contribution in [1.82, 2.24) is 4.90 Å². The van der Waals surface area contributed by atoms with E-state index in [1.165, 1.54) is 22.5 Å². The molecule has 4 aliphatic rings. The molecule has 0 bridgehead atoms. The van der Waals surface area contributed by atoms with E-state index in [1.54, 1.807) is 0 Å². The summed E-state index contributed by atoms with van der Waals surface area (Å²) in [5, 5.41) is 0. The third-order valence-corrected chi connectivity index (χ3v) is 7.93. The zero-order chi connectivity index (χ0) is 22.7. The number of carbonyl (C=O) groups is 1. The van der Waals surface area contributed by atoms with Crippen molar-refractivity contribution in [3.63, 3.8) is 0 Å². The summed E-state index contributed by atoms with van der Waals surface area (Å²) < 4.78 is 17.7. The second-order valence-electron chi connectivity index (χ2n) is 9.63.